The molecule has 1 aromatic carbocycles. The fourth-order valence-electron chi connectivity index (χ4n) is 2.33. The van der Waals surface area contributed by atoms with Gasteiger partial charge in [0.1, 0.15) is 0 Å². The van der Waals surface area contributed by atoms with E-state index in [1.54, 1.807) is 16.7 Å². The molecular formula is C14H19ClN4O4. The molecule has 1 heterocycles. The van der Waals surface area contributed by atoms with Crippen molar-refractivity contribution in [1.29, 1.82) is 0 Å². The van der Waals surface area contributed by atoms with Gasteiger partial charge >= 0.3 is 0 Å². The van der Waals surface area contributed by atoms with E-state index in [-0.39, 0.29) is 29.9 Å². The molecule has 23 heavy (non-hydrogen) atoms. The lowest BCUT2D eigenvalue weighted by Gasteiger charge is -2.35. The lowest BCUT2D eigenvalue weighted by Crippen LogP contribution is -2.53. The van der Waals surface area contributed by atoms with E-state index in [0.717, 1.165) is 0 Å². The molecule has 0 saturated carbocycles. The Morgan fingerprint density at radius 2 is 1.61 bits per heavy atom. The van der Waals surface area contributed by atoms with Crippen LogP contribution >= 0.6 is 12.4 Å². The predicted molar refractivity (Wildman–Crippen MR) is 86.5 cm³/mol. The van der Waals surface area contributed by atoms with Crippen LogP contribution in [0.15, 0.2) is 24.3 Å². The number of rotatable bonds is 3. The van der Waals surface area contributed by atoms with E-state index in [1.807, 2.05) is 0 Å². The quantitative estimate of drug-likeness (QED) is 0.640. The van der Waals surface area contributed by atoms with Gasteiger partial charge in [-0.15, -0.1) is 12.4 Å². The molecule has 1 saturated heterocycles. The minimum Gasteiger partial charge on any atom is -0.338 e. The number of amides is 2. The summed E-state index contributed by atoms with van der Waals surface area (Å²) in [5, 5.41) is 10.6. The van der Waals surface area contributed by atoms with E-state index in [1.165, 1.54) is 24.3 Å². The summed E-state index contributed by atoms with van der Waals surface area (Å²) in [4.78, 5) is 37.5. The van der Waals surface area contributed by atoms with Gasteiger partial charge in [0.05, 0.1) is 11.0 Å². The van der Waals surface area contributed by atoms with Crippen LogP contribution in [0.1, 0.15) is 17.3 Å². The maximum absolute atomic E-state index is 12.3. The number of nitro groups is 1. The summed E-state index contributed by atoms with van der Waals surface area (Å²) in [6, 6.07) is 4.96. The summed E-state index contributed by atoms with van der Waals surface area (Å²) in [6.45, 7) is 3.37. The monoisotopic (exact) mass is 342 g/mol. The summed E-state index contributed by atoms with van der Waals surface area (Å²) in [7, 11) is 0. The summed E-state index contributed by atoms with van der Waals surface area (Å²) in [6.07, 6.45) is 0. The topological polar surface area (TPSA) is 110 Å². The second-order valence-corrected chi connectivity index (χ2v) is 5.21. The van der Waals surface area contributed by atoms with Crippen molar-refractivity contribution in [2.24, 2.45) is 5.73 Å². The van der Waals surface area contributed by atoms with Crippen molar-refractivity contribution >= 4 is 29.9 Å². The first-order chi connectivity index (χ1) is 10.4. The van der Waals surface area contributed by atoms with Crippen LogP contribution in [0, 0.1) is 10.1 Å². The van der Waals surface area contributed by atoms with E-state index < -0.39 is 11.0 Å². The van der Waals surface area contributed by atoms with Gasteiger partial charge in [0.2, 0.25) is 5.91 Å². The van der Waals surface area contributed by atoms with Crippen LogP contribution in [-0.4, -0.2) is 58.8 Å². The second-order valence-electron chi connectivity index (χ2n) is 5.21. The molecular weight excluding hydrogens is 324 g/mol. The normalized spacial score (nSPS) is 15.6. The van der Waals surface area contributed by atoms with Crippen molar-refractivity contribution in [3.05, 3.63) is 39.9 Å². The number of hydrogen-bond acceptors (Lipinski definition) is 5. The number of non-ortho nitro benzene ring substituents is 1. The third-order valence-electron chi connectivity index (χ3n) is 3.59. The maximum atomic E-state index is 12.3. The molecule has 1 fully saturated rings. The van der Waals surface area contributed by atoms with Crippen molar-refractivity contribution in [2.45, 2.75) is 13.0 Å². The van der Waals surface area contributed by atoms with E-state index in [9.17, 15) is 19.7 Å². The van der Waals surface area contributed by atoms with Crippen molar-refractivity contribution in [2.75, 3.05) is 26.2 Å². The Balaban J connectivity index is 0.00000264. The number of hydrogen-bond donors (Lipinski definition) is 1. The highest BCUT2D eigenvalue weighted by atomic mass is 35.5. The Morgan fingerprint density at radius 1 is 1.13 bits per heavy atom. The molecule has 0 radical (unpaired) electrons. The van der Waals surface area contributed by atoms with Crippen molar-refractivity contribution in [3.63, 3.8) is 0 Å². The molecule has 0 bridgehead atoms. The van der Waals surface area contributed by atoms with Gasteiger partial charge < -0.3 is 15.5 Å². The van der Waals surface area contributed by atoms with Crippen LogP contribution < -0.4 is 5.73 Å². The Morgan fingerprint density at radius 3 is 2.04 bits per heavy atom. The highest BCUT2D eigenvalue weighted by molar-refractivity contribution is 5.94. The van der Waals surface area contributed by atoms with Gasteiger partial charge in [-0.1, -0.05) is 0 Å². The first kappa shape index (κ1) is 18.9. The molecule has 0 spiro atoms. The number of nitrogens with zero attached hydrogens (tertiary/aromatic N) is 3. The van der Waals surface area contributed by atoms with E-state index >= 15 is 0 Å². The summed E-state index contributed by atoms with van der Waals surface area (Å²) in [5.41, 5.74) is 5.91. The number of carbonyl (C=O) groups excluding carboxylic acids is 2. The lowest BCUT2D eigenvalue weighted by atomic mass is 10.1. The predicted octanol–water partition coefficient (Wildman–Crippen LogP) is 0.648. The van der Waals surface area contributed by atoms with Gasteiger partial charge in [0, 0.05) is 43.9 Å². The smallest absolute Gasteiger partial charge is 0.269 e. The van der Waals surface area contributed by atoms with Gasteiger partial charge in [0.15, 0.2) is 0 Å². The molecule has 2 rings (SSSR count). The minimum absolute atomic E-state index is 0. The molecule has 0 unspecified atom stereocenters. The van der Waals surface area contributed by atoms with Crippen LogP contribution in [0.25, 0.3) is 0 Å². The SMILES string of the molecule is C[C@H](N)C(=O)N1CCN(C(=O)c2ccc([N+](=O)[O-])cc2)CC1.Cl. The highest BCUT2D eigenvalue weighted by Crippen LogP contribution is 2.14. The molecule has 126 valence electrons. The lowest BCUT2D eigenvalue weighted by molar-refractivity contribution is -0.384. The molecule has 1 aliphatic heterocycles. The van der Waals surface area contributed by atoms with E-state index in [2.05, 4.69) is 0 Å². The van der Waals surface area contributed by atoms with E-state index in [0.29, 0.717) is 31.7 Å². The number of nitrogens with two attached hydrogens (primary N) is 1. The standard InChI is InChI=1S/C14H18N4O4.ClH/c1-10(15)13(19)16-6-8-17(9-7-16)14(20)11-2-4-12(5-3-11)18(21)22;/h2-5,10H,6-9,15H2,1H3;1H/t10-;/m0./s1. The average molecular weight is 343 g/mol. The molecule has 0 aromatic heterocycles. The summed E-state index contributed by atoms with van der Waals surface area (Å²) < 4.78 is 0. The van der Waals surface area contributed by atoms with Gasteiger partial charge in [-0.2, -0.15) is 0 Å². The van der Waals surface area contributed by atoms with Crippen LogP contribution in [-0.2, 0) is 4.79 Å². The van der Waals surface area contributed by atoms with Crippen LogP contribution in [0.4, 0.5) is 5.69 Å². The van der Waals surface area contributed by atoms with Crippen molar-refractivity contribution in [3.8, 4) is 0 Å². The number of piperazine rings is 1. The van der Waals surface area contributed by atoms with Gasteiger partial charge in [-0.3, -0.25) is 19.7 Å². The molecule has 9 heteroatoms. The Labute approximate surface area is 139 Å². The van der Waals surface area contributed by atoms with Crippen LogP contribution in [0.5, 0.6) is 0 Å². The molecule has 1 atom stereocenters. The number of carbonyl (C=O) groups is 2. The third-order valence-corrected chi connectivity index (χ3v) is 3.59. The molecule has 2 N–H and O–H groups in total. The maximum Gasteiger partial charge on any atom is 0.269 e. The minimum atomic E-state index is -0.545. The number of halogens is 1. The first-order valence-electron chi connectivity index (χ1n) is 6.98. The Kier molecular flexibility index (Phi) is 6.47. The second kappa shape index (κ2) is 7.89. The van der Waals surface area contributed by atoms with Gasteiger partial charge in [-0.05, 0) is 19.1 Å². The highest BCUT2D eigenvalue weighted by Gasteiger charge is 2.26. The first-order valence-corrected chi connectivity index (χ1v) is 6.98. The van der Waals surface area contributed by atoms with Crippen molar-refractivity contribution in [1.82, 2.24) is 9.80 Å². The fraction of sp³-hybridized carbons (Fsp3) is 0.429. The Hall–Kier alpha value is -2.19. The zero-order valence-corrected chi connectivity index (χ0v) is 13.5. The third kappa shape index (κ3) is 4.40. The van der Waals surface area contributed by atoms with Crippen LogP contribution in [0.2, 0.25) is 0 Å². The number of nitro benzene ring substituents is 1. The fourth-order valence-corrected chi connectivity index (χ4v) is 2.33. The van der Waals surface area contributed by atoms with Gasteiger partial charge in [-0.25, -0.2) is 0 Å². The number of benzene rings is 1. The molecule has 1 aliphatic rings. The van der Waals surface area contributed by atoms with E-state index in [4.69, 9.17) is 5.73 Å². The molecule has 2 amide bonds. The largest absolute Gasteiger partial charge is 0.338 e. The summed E-state index contributed by atoms with van der Waals surface area (Å²) in [5.74, 6) is -0.315. The molecule has 1 aromatic rings. The van der Waals surface area contributed by atoms with Crippen LogP contribution in [0.3, 0.4) is 0 Å². The zero-order chi connectivity index (χ0) is 16.3. The zero-order valence-electron chi connectivity index (χ0n) is 12.7. The Bertz CT molecular complexity index is 583. The molecule has 0 aliphatic carbocycles. The summed E-state index contributed by atoms with van der Waals surface area (Å²) >= 11 is 0. The molecule has 8 nitrogen and oxygen atoms in total. The van der Waals surface area contributed by atoms with Gasteiger partial charge in [0.25, 0.3) is 11.6 Å². The average Bonchev–Trinajstić information content (AvgIpc) is 2.53. The van der Waals surface area contributed by atoms with Crippen molar-refractivity contribution < 1.29 is 14.5 Å².